The van der Waals surface area contributed by atoms with Crippen LogP contribution in [0.5, 0.6) is 0 Å². The molecule has 2 atom stereocenters. The van der Waals surface area contributed by atoms with E-state index in [2.05, 4.69) is 206 Å². The molecule has 10 rings (SSSR count). The van der Waals surface area contributed by atoms with E-state index in [1.165, 1.54) is 83.3 Å². The summed E-state index contributed by atoms with van der Waals surface area (Å²) >= 11 is 8.00. The highest BCUT2D eigenvalue weighted by Crippen LogP contribution is 2.61. The van der Waals surface area contributed by atoms with Crippen molar-refractivity contribution in [1.82, 2.24) is 0 Å². The molecule has 63 heavy (non-hydrogen) atoms. The molecule has 1 heterocycles. The van der Waals surface area contributed by atoms with E-state index < -0.39 is 0 Å². The Hall–Kier alpha value is -4.79. The van der Waals surface area contributed by atoms with Crippen LogP contribution in [-0.4, -0.2) is 5.54 Å². The van der Waals surface area contributed by atoms with Crippen LogP contribution >= 0.6 is 11.6 Å². The van der Waals surface area contributed by atoms with Crippen molar-refractivity contribution in [2.24, 2.45) is 0 Å². The maximum Gasteiger partial charge on any atom is 0.0725 e. The van der Waals surface area contributed by atoms with Gasteiger partial charge in [0.1, 0.15) is 0 Å². The molecule has 0 amide bonds. The molecule has 0 aromatic heterocycles. The first kappa shape index (κ1) is 42.2. The Morgan fingerprint density at radius 1 is 0.444 bits per heavy atom. The second-order valence-electron chi connectivity index (χ2n) is 22.8. The molecule has 2 nitrogen and oxygen atoms in total. The van der Waals surface area contributed by atoms with Crippen LogP contribution in [0, 0.1) is 0 Å². The SMILES string of the molecule is CC1(C)CCC(C)(C)c2cc(N(c3ccc4c(c3)C(C)(C)CCC4(C)C)c3cc(-c4ccccc4)cc(-c4ccc(N5c6ccccc6C6(C)CCCCC56C)cc4)c3Cl)ccc21. The van der Waals surface area contributed by atoms with Gasteiger partial charge in [0.05, 0.1) is 16.2 Å². The number of fused-ring (bicyclic) bond motifs is 5. The van der Waals surface area contributed by atoms with Gasteiger partial charge in [0.15, 0.2) is 0 Å². The lowest BCUT2D eigenvalue weighted by atomic mass is 9.61. The molecule has 1 fully saturated rings. The summed E-state index contributed by atoms with van der Waals surface area (Å²) < 4.78 is 0. The zero-order valence-corrected chi connectivity index (χ0v) is 40.3. The van der Waals surface area contributed by atoms with Gasteiger partial charge in [-0.25, -0.2) is 0 Å². The summed E-state index contributed by atoms with van der Waals surface area (Å²) in [5.74, 6) is 0. The summed E-state index contributed by atoms with van der Waals surface area (Å²) in [6.07, 6.45) is 9.62. The molecule has 1 aliphatic heterocycles. The van der Waals surface area contributed by atoms with Gasteiger partial charge in [-0.05, 0) is 166 Å². The van der Waals surface area contributed by atoms with Crippen LogP contribution in [0.15, 0.2) is 127 Å². The van der Waals surface area contributed by atoms with Gasteiger partial charge in [-0.15, -0.1) is 0 Å². The second-order valence-corrected chi connectivity index (χ2v) is 23.1. The predicted octanol–water partition coefficient (Wildman–Crippen LogP) is 17.6. The Balaban J connectivity index is 1.18. The fourth-order valence-corrected chi connectivity index (χ4v) is 12.8. The Kier molecular flexibility index (Phi) is 9.78. The average molecular weight is 852 g/mol. The Bertz CT molecular complexity index is 2660. The molecule has 0 bridgehead atoms. The highest BCUT2D eigenvalue weighted by molar-refractivity contribution is 6.36. The van der Waals surface area contributed by atoms with E-state index in [4.69, 9.17) is 11.6 Å². The van der Waals surface area contributed by atoms with Crippen molar-refractivity contribution in [2.45, 2.75) is 153 Å². The number of hydrogen-bond donors (Lipinski definition) is 0. The second kappa shape index (κ2) is 14.6. The zero-order chi connectivity index (χ0) is 44.3. The minimum absolute atomic E-state index is 0.00626. The number of para-hydroxylation sites is 1. The number of halogens is 1. The van der Waals surface area contributed by atoms with Crippen LogP contribution in [0.1, 0.15) is 148 Å². The van der Waals surface area contributed by atoms with E-state index >= 15 is 0 Å². The fraction of sp³-hybridized carbons (Fsp3) is 0.400. The maximum atomic E-state index is 8.00. The van der Waals surface area contributed by atoms with Crippen LogP contribution in [0.3, 0.4) is 0 Å². The monoisotopic (exact) mass is 850 g/mol. The Morgan fingerprint density at radius 2 is 0.968 bits per heavy atom. The molecular formula is C60H67ClN2. The molecule has 1 saturated carbocycles. The molecule has 0 saturated heterocycles. The fourth-order valence-electron chi connectivity index (χ4n) is 12.5. The first-order valence-electron chi connectivity index (χ1n) is 23.8. The predicted molar refractivity (Wildman–Crippen MR) is 270 cm³/mol. The summed E-state index contributed by atoms with van der Waals surface area (Å²) in [4.78, 5) is 5.15. The van der Waals surface area contributed by atoms with Crippen molar-refractivity contribution < 1.29 is 0 Å². The first-order chi connectivity index (χ1) is 29.8. The summed E-state index contributed by atoms with van der Waals surface area (Å²) in [6, 6.07) is 48.6. The molecule has 6 aromatic carbocycles. The third-order valence-electron chi connectivity index (χ3n) is 17.0. The van der Waals surface area contributed by atoms with Gasteiger partial charge in [-0.3, -0.25) is 0 Å². The first-order valence-corrected chi connectivity index (χ1v) is 24.2. The van der Waals surface area contributed by atoms with Crippen molar-refractivity contribution in [3.8, 4) is 22.3 Å². The summed E-state index contributed by atoms with van der Waals surface area (Å²) in [5.41, 5.74) is 18.1. The third-order valence-corrected chi connectivity index (χ3v) is 17.4. The number of hydrogen-bond acceptors (Lipinski definition) is 2. The van der Waals surface area contributed by atoms with Crippen LogP contribution in [0.25, 0.3) is 22.3 Å². The van der Waals surface area contributed by atoms with Crippen molar-refractivity contribution in [2.75, 3.05) is 9.80 Å². The quantitative estimate of drug-likeness (QED) is 0.165. The van der Waals surface area contributed by atoms with Crippen molar-refractivity contribution >= 4 is 40.0 Å². The van der Waals surface area contributed by atoms with E-state index in [-0.39, 0.29) is 32.6 Å². The largest absolute Gasteiger partial charge is 0.334 e. The molecule has 0 radical (unpaired) electrons. The third kappa shape index (κ3) is 6.63. The van der Waals surface area contributed by atoms with E-state index in [1.54, 1.807) is 0 Å². The Morgan fingerprint density at radius 3 is 1.56 bits per heavy atom. The summed E-state index contributed by atoms with van der Waals surface area (Å²) in [6.45, 7) is 24.4. The number of benzene rings is 6. The Labute approximate surface area is 383 Å². The van der Waals surface area contributed by atoms with E-state index in [0.717, 1.165) is 51.6 Å². The molecule has 0 spiro atoms. The van der Waals surface area contributed by atoms with Gasteiger partial charge >= 0.3 is 0 Å². The zero-order valence-electron chi connectivity index (χ0n) is 39.6. The van der Waals surface area contributed by atoms with Gasteiger partial charge in [-0.2, -0.15) is 0 Å². The van der Waals surface area contributed by atoms with Crippen LogP contribution in [-0.2, 0) is 27.1 Å². The van der Waals surface area contributed by atoms with Crippen LogP contribution in [0.2, 0.25) is 5.02 Å². The normalized spacial score (nSPS) is 23.6. The van der Waals surface area contributed by atoms with Gasteiger partial charge < -0.3 is 9.80 Å². The maximum absolute atomic E-state index is 8.00. The summed E-state index contributed by atoms with van der Waals surface area (Å²) in [7, 11) is 0. The molecule has 2 unspecified atom stereocenters. The van der Waals surface area contributed by atoms with Gasteiger partial charge in [0, 0.05) is 33.7 Å². The lowest BCUT2D eigenvalue weighted by Crippen LogP contribution is -2.54. The lowest BCUT2D eigenvalue weighted by molar-refractivity contribution is 0.195. The van der Waals surface area contributed by atoms with Gasteiger partial charge in [0.2, 0.25) is 0 Å². The molecule has 6 aromatic rings. The molecule has 324 valence electrons. The van der Waals surface area contributed by atoms with Crippen molar-refractivity contribution in [3.05, 3.63) is 160 Å². The minimum Gasteiger partial charge on any atom is -0.334 e. The van der Waals surface area contributed by atoms with Crippen LogP contribution < -0.4 is 9.80 Å². The minimum atomic E-state index is 0.00626. The lowest BCUT2D eigenvalue weighted by Gasteiger charge is -2.50. The van der Waals surface area contributed by atoms with Crippen molar-refractivity contribution in [1.29, 1.82) is 0 Å². The molecule has 3 heteroatoms. The molecule has 0 N–H and O–H groups in total. The molecular weight excluding hydrogens is 784 g/mol. The standard InChI is InChI=1S/C60H67ClN2/c1-55(2)32-34-57(5,6)50-38-44(26-28-47(50)55)62(45-27-29-48-51(39-45)58(7,8)35-33-56(48,3)4)53-37-42(40-18-12-11-13-19-40)36-46(54(53)61)41-22-24-43(25-23-41)63-52-21-15-14-20-49(52)59(9)30-16-17-31-60(59,63)10/h11-15,18-29,36-39H,16-17,30-35H2,1-10H3. The summed E-state index contributed by atoms with van der Waals surface area (Å²) in [5, 5.41) is 0.760. The van der Waals surface area contributed by atoms with E-state index in [9.17, 15) is 0 Å². The molecule has 4 aliphatic rings. The molecule has 3 aliphatic carbocycles. The van der Waals surface area contributed by atoms with Crippen molar-refractivity contribution in [3.63, 3.8) is 0 Å². The number of anilines is 5. The average Bonchev–Trinajstić information content (AvgIpc) is 3.48. The van der Waals surface area contributed by atoms with E-state index in [1.807, 2.05) is 0 Å². The smallest absolute Gasteiger partial charge is 0.0725 e. The highest BCUT2D eigenvalue weighted by Gasteiger charge is 2.57. The topological polar surface area (TPSA) is 6.48 Å². The number of nitrogens with zero attached hydrogens (tertiary/aromatic N) is 2. The van der Waals surface area contributed by atoms with E-state index in [0.29, 0.717) is 0 Å². The number of rotatable bonds is 6. The van der Waals surface area contributed by atoms with Gasteiger partial charge in [-0.1, -0.05) is 160 Å². The highest BCUT2D eigenvalue weighted by atomic mass is 35.5. The van der Waals surface area contributed by atoms with Crippen LogP contribution in [0.4, 0.5) is 28.4 Å². The van der Waals surface area contributed by atoms with Gasteiger partial charge in [0.25, 0.3) is 0 Å².